The molecular weight excluding hydrogens is 414 g/mol. The van der Waals surface area contributed by atoms with Gasteiger partial charge in [0.2, 0.25) is 5.91 Å². The minimum absolute atomic E-state index is 0.184. The van der Waals surface area contributed by atoms with Gasteiger partial charge in [-0.3, -0.25) is 18.7 Å². The van der Waals surface area contributed by atoms with Gasteiger partial charge in [-0.2, -0.15) is 0 Å². The van der Waals surface area contributed by atoms with Crippen LogP contribution < -0.4 is 16.6 Å². The van der Waals surface area contributed by atoms with E-state index in [0.29, 0.717) is 28.9 Å². The second-order valence-electron chi connectivity index (χ2n) is 8.40. The number of aromatic nitrogens is 2. The molecule has 0 aliphatic carbocycles. The molecule has 33 heavy (non-hydrogen) atoms. The summed E-state index contributed by atoms with van der Waals surface area (Å²) in [6.45, 7) is 4.28. The van der Waals surface area contributed by atoms with Crippen molar-refractivity contribution in [2.45, 2.75) is 39.3 Å². The molecule has 0 aliphatic heterocycles. The van der Waals surface area contributed by atoms with E-state index in [1.165, 1.54) is 14.7 Å². The van der Waals surface area contributed by atoms with Crippen molar-refractivity contribution in [1.29, 1.82) is 0 Å². The van der Waals surface area contributed by atoms with E-state index in [9.17, 15) is 14.4 Å². The van der Waals surface area contributed by atoms with Crippen LogP contribution in [0.4, 0.5) is 5.69 Å². The van der Waals surface area contributed by atoms with Crippen molar-refractivity contribution in [3.05, 3.63) is 111 Å². The molecule has 0 radical (unpaired) electrons. The Kier molecular flexibility index (Phi) is 6.54. The number of hydrogen-bond donors (Lipinski definition) is 1. The fourth-order valence-electron chi connectivity index (χ4n) is 3.90. The van der Waals surface area contributed by atoms with Gasteiger partial charge >= 0.3 is 5.69 Å². The highest BCUT2D eigenvalue weighted by Crippen LogP contribution is 2.17. The third-order valence-corrected chi connectivity index (χ3v) is 5.76. The van der Waals surface area contributed by atoms with Crippen molar-refractivity contribution in [3.63, 3.8) is 0 Å². The lowest BCUT2D eigenvalue weighted by molar-refractivity contribution is -0.116. The number of amides is 1. The van der Waals surface area contributed by atoms with E-state index in [4.69, 9.17) is 0 Å². The molecule has 1 N–H and O–H groups in total. The molecule has 6 heteroatoms. The molecule has 6 nitrogen and oxygen atoms in total. The summed E-state index contributed by atoms with van der Waals surface area (Å²) in [5.41, 5.74) is 2.51. The fraction of sp³-hybridized carbons (Fsp3) is 0.222. The van der Waals surface area contributed by atoms with Gasteiger partial charge in [0.1, 0.15) is 6.54 Å². The summed E-state index contributed by atoms with van der Waals surface area (Å²) in [5, 5.41) is 3.27. The monoisotopic (exact) mass is 441 g/mol. The molecule has 0 saturated carbocycles. The number of carbonyl (C=O) groups is 1. The molecule has 4 aromatic rings. The Bertz CT molecular complexity index is 1380. The van der Waals surface area contributed by atoms with Crippen LogP contribution in [0, 0.1) is 0 Å². The van der Waals surface area contributed by atoms with E-state index >= 15 is 0 Å². The minimum Gasteiger partial charge on any atom is -0.325 e. The van der Waals surface area contributed by atoms with Crippen molar-refractivity contribution in [2.24, 2.45) is 0 Å². The predicted octanol–water partition coefficient (Wildman–Crippen LogP) is 4.17. The molecule has 0 saturated heterocycles. The first kappa shape index (κ1) is 22.3. The largest absolute Gasteiger partial charge is 0.331 e. The summed E-state index contributed by atoms with van der Waals surface area (Å²) >= 11 is 0. The van der Waals surface area contributed by atoms with Crippen LogP contribution in [0.3, 0.4) is 0 Å². The van der Waals surface area contributed by atoms with Gasteiger partial charge in [-0.15, -0.1) is 0 Å². The smallest absolute Gasteiger partial charge is 0.325 e. The van der Waals surface area contributed by atoms with Crippen molar-refractivity contribution in [1.82, 2.24) is 9.13 Å². The number of nitrogens with zero attached hydrogens (tertiary/aromatic N) is 2. The van der Waals surface area contributed by atoms with Crippen LogP contribution in [0.5, 0.6) is 0 Å². The maximum absolute atomic E-state index is 13.3. The molecule has 0 atom stereocenters. The Labute approximate surface area is 192 Å². The Morgan fingerprint density at radius 2 is 1.52 bits per heavy atom. The SMILES string of the molecule is CC(C)c1ccc(NC(=O)Cn2c(=O)n(CCc3ccccc3)c(=O)c3ccccc32)cc1. The van der Waals surface area contributed by atoms with Crippen LogP contribution in [0.25, 0.3) is 10.9 Å². The Morgan fingerprint density at radius 3 is 2.21 bits per heavy atom. The molecular formula is C27H27N3O3. The van der Waals surface area contributed by atoms with Gasteiger partial charge < -0.3 is 5.32 Å². The number of aryl methyl sites for hydroxylation is 1. The third kappa shape index (κ3) is 4.95. The lowest BCUT2D eigenvalue weighted by atomic mass is 10.0. The van der Waals surface area contributed by atoms with Crippen LogP contribution in [-0.2, 0) is 24.3 Å². The van der Waals surface area contributed by atoms with Gasteiger partial charge in [-0.05, 0) is 47.7 Å². The van der Waals surface area contributed by atoms with E-state index in [-0.39, 0.29) is 24.6 Å². The maximum atomic E-state index is 13.3. The molecule has 0 spiro atoms. The van der Waals surface area contributed by atoms with E-state index in [1.807, 2.05) is 54.6 Å². The summed E-state index contributed by atoms with van der Waals surface area (Å²) in [5.74, 6) is 0.0736. The number of fused-ring (bicyclic) bond motifs is 1. The molecule has 3 aromatic carbocycles. The van der Waals surface area contributed by atoms with Gasteiger partial charge in [0.25, 0.3) is 5.56 Å². The predicted molar refractivity (Wildman–Crippen MR) is 132 cm³/mol. The van der Waals surface area contributed by atoms with E-state index in [1.54, 1.807) is 24.3 Å². The normalized spacial score (nSPS) is 11.1. The van der Waals surface area contributed by atoms with Gasteiger partial charge in [0.05, 0.1) is 10.9 Å². The summed E-state index contributed by atoms with van der Waals surface area (Å²) in [7, 11) is 0. The van der Waals surface area contributed by atoms with E-state index < -0.39 is 5.69 Å². The summed E-state index contributed by atoms with van der Waals surface area (Å²) in [6.07, 6.45) is 0.544. The molecule has 1 heterocycles. The number of para-hydroxylation sites is 1. The molecule has 1 amide bonds. The average Bonchev–Trinajstić information content (AvgIpc) is 2.83. The molecule has 0 bridgehead atoms. The summed E-state index contributed by atoms with van der Waals surface area (Å²) < 4.78 is 2.60. The van der Waals surface area contributed by atoms with Crippen molar-refractivity contribution in [2.75, 3.05) is 5.32 Å². The van der Waals surface area contributed by atoms with Crippen LogP contribution in [0.2, 0.25) is 0 Å². The van der Waals surface area contributed by atoms with Crippen molar-refractivity contribution < 1.29 is 4.79 Å². The number of nitrogens with one attached hydrogen (secondary N) is 1. The Hall–Kier alpha value is -3.93. The highest BCUT2D eigenvalue weighted by molar-refractivity contribution is 5.91. The first-order chi connectivity index (χ1) is 15.9. The van der Waals surface area contributed by atoms with Crippen molar-refractivity contribution in [3.8, 4) is 0 Å². The van der Waals surface area contributed by atoms with Gasteiger partial charge in [-0.25, -0.2) is 4.79 Å². The molecule has 0 unspecified atom stereocenters. The van der Waals surface area contributed by atoms with E-state index in [0.717, 1.165) is 5.56 Å². The molecule has 0 fully saturated rings. The van der Waals surface area contributed by atoms with Gasteiger partial charge in [0, 0.05) is 12.2 Å². The molecule has 168 valence electrons. The quantitative estimate of drug-likeness (QED) is 0.468. The summed E-state index contributed by atoms with van der Waals surface area (Å²) in [6, 6.07) is 24.3. The second-order valence-corrected chi connectivity index (χ2v) is 8.40. The average molecular weight is 442 g/mol. The topological polar surface area (TPSA) is 73.1 Å². The third-order valence-electron chi connectivity index (χ3n) is 5.76. The van der Waals surface area contributed by atoms with Gasteiger partial charge in [0.15, 0.2) is 0 Å². The zero-order valence-electron chi connectivity index (χ0n) is 18.8. The number of anilines is 1. The Morgan fingerprint density at radius 1 is 0.848 bits per heavy atom. The lowest BCUT2D eigenvalue weighted by Crippen LogP contribution is -2.42. The fourth-order valence-corrected chi connectivity index (χ4v) is 3.90. The van der Waals surface area contributed by atoms with Crippen LogP contribution in [-0.4, -0.2) is 15.0 Å². The number of carbonyl (C=O) groups excluding carboxylic acids is 1. The number of hydrogen-bond acceptors (Lipinski definition) is 3. The highest BCUT2D eigenvalue weighted by atomic mass is 16.2. The zero-order chi connectivity index (χ0) is 23.4. The lowest BCUT2D eigenvalue weighted by Gasteiger charge is -2.14. The first-order valence-electron chi connectivity index (χ1n) is 11.1. The standard InChI is InChI=1S/C27H27N3O3/c1-19(2)21-12-14-22(15-13-21)28-25(31)18-30-24-11-7-6-10-23(24)26(32)29(27(30)33)17-16-20-8-4-3-5-9-20/h3-15,19H,16-18H2,1-2H3,(H,28,31). The maximum Gasteiger partial charge on any atom is 0.331 e. The first-order valence-corrected chi connectivity index (χ1v) is 11.1. The number of rotatable bonds is 7. The minimum atomic E-state index is -0.486. The van der Waals surface area contributed by atoms with Crippen LogP contribution in [0.15, 0.2) is 88.5 Å². The number of benzene rings is 3. The second kappa shape index (κ2) is 9.69. The molecule has 4 rings (SSSR count). The van der Waals surface area contributed by atoms with Crippen molar-refractivity contribution >= 4 is 22.5 Å². The zero-order valence-corrected chi connectivity index (χ0v) is 18.8. The van der Waals surface area contributed by atoms with Crippen LogP contribution in [0.1, 0.15) is 30.9 Å². The van der Waals surface area contributed by atoms with E-state index in [2.05, 4.69) is 19.2 Å². The Balaban J connectivity index is 1.64. The van der Waals surface area contributed by atoms with Crippen LogP contribution >= 0.6 is 0 Å². The molecule has 1 aromatic heterocycles. The summed E-state index contributed by atoms with van der Waals surface area (Å²) in [4.78, 5) is 39.1. The van der Waals surface area contributed by atoms with Gasteiger partial charge in [-0.1, -0.05) is 68.4 Å². The molecule has 0 aliphatic rings. The highest BCUT2D eigenvalue weighted by Gasteiger charge is 2.15.